The molecule has 21 heavy (non-hydrogen) atoms. The van der Waals surface area contributed by atoms with Crippen LogP contribution in [0.1, 0.15) is 30.0 Å². The first-order chi connectivity index (χ1) is 10.3. The number of piperidine rings is 1. The second-order valence-electron chi connectivity index (χ2n) is 5.42. The van der Waals surface area contributed by atoms with E-state index in [1.807, 2.05) is 24.5 Å². The van der Waals surface area contributed by atoms with Crippen molar-refractivity contribution in [2.75, 3.05) is 20.2 Å². The molecule has 0 aromatic carbocycles. The number of pyridine rings is 1. The molecule has 0 amide bonds. The van der Waals surface area contributed by atoms with Crippen LogP contribution in [0.15, 0.2) is 36.9 Å². The zero-order valence-electron chi connectivity index (χ0n) is 12.3. The van der Waals surface area contributed by atoms with E-state index >= 15 is 0 Å². The summed E-state index contributed by atoms with van der Waals surface area (Å²) in [5, 5.41) is 0. The first kappa shape index (κ1) is 13.9. The average molecular weight is 284 g/mol. The maximum absolute atomic E-state index is 5.10. The van der Waals surface area contributed by atoms with Crippen LogP contribution in [0.4, 0.5) is 0 Å². The molecule has 2 aromatic heterocycles. The van der Waals surface area contributed by atoms with Crippen molar-refractivity contribution >= 4 is 0 Å². The van der Waals surface area contributed by atoms with Crippen molar-refractivity contribution in [1.29, 1.82) is 0 Å². The SMILES string of the molecule is COc1ccc(CN2CCCC(c3ccncn3)C2)cn1. The van der Waals surface area contributed by atoms with E-state index in [0.717, 1.165) is 25.3 Å². The zero-order valence-corrected chi connectivity index (χ0v) is 12.3. The maximum Gasteiger partial charge on any atom is 0.212 e. The van der Waals surface area contributed by atoms with Gasteiger partial charge in [-0.15, -0.1) is 0 Å². The molecular formula is C16H20N4O. The average Bonchev–Trinajstić information content (AvgIpc) is 2.57. The van der Waals surface area contributed by atoms with Crippen LogP contribution in [-0.4, -0.2) is 40.1 Å². The minimum atomic E-state index is 0.507. The summed E-state index contributed by atoms with van der Waals surface area (Å²) < 4.78 is 5.10. The molecule has 1 aliphatic heterocycles. The molecule has 1 unspecified atom stereocenters. The summed E-state index contributed by atoms with van der Waals surface area (Å²) >= 11 is 0. The van der Waals surface area contributed by atoms with Gasteiger partial charge in [-0.05, 0) is 31.0 Å². The Bertz CT molecular complexity index is 558. The van der Waals surface area contributed by atoms with E-state index in [4.69, 9.17) is 4.74 Å². The van der Waals surface area contributed by atoms with Crippen LogP contribution >= 0.6 is 0 Å². The molecule has 0 saturated carbocycles. The largest absolute Gasteiger partial charge is 0.481 e. The summed E-state index contributed by atoms with van der Waals surface area (Å²) in [6.07, 6.45) is 7.77. The van der Waals surface area contributed by atoms with E-state index in [9.17, 15) is 0 Å². The van der Waals surface area contributed by atoms with Crippen LogP contribution < -0.4 is 4.74 Å². The van der Waals surface area contributed by atoms with Crippen molar-refractivity contribution in [3.8, 4) is 5.88 Å². The Morgan fingerprint density at radius 3 is 2.95 bits per heavy atom. The highest BCUT2D eigenvalue weighted by Crippen LogP contribution is 2.26. The molecule has 3 rings (SSSR count). The van der Waals surface area contributed by atoms with Crippen LogP contribution in [0, 0.1) is 0 Å². The smallest absolute Gasteiger partial charge is 0.212 e. The molecule has 110 valence electrons. The minimum Gasteiger partial charge on any atom is -0.481 e. The monoisotopic (exact) mass is 284 g/mol. The highest BCUT2D eigenvalue weighted by Gasteiger charge is 2.22. The van der Waals surface area contributed by atoms with Crippen molar-refractivity contribution in [2.45, 2.75) is 25.3 Å². The molecule has 0 aliphatic carbocycles. The van der Waals surface area contributed by atoms with Gasteiger partial charge in [0, 0.05) is 43.2 Å². The van der Waals surface area contributed by atoms with Crippen molar-refractivity contribution in [3.05, 3.63) is 48.2 Å². The number of likely N-dealkylation sites (tertiary alicyclic amines) is 1. The highest BCUT2D eigenvalue weighted by atomic mass is 16.5. The summed E-state index contributed by atoms with van der Waals surface area (Å²) in [4.78, 5) is 15.1. The molecular weight excluding hydrogens is 264 g/mol. The number of rotatable bonds is 4. The van der Waals surface area contributed by atoms with E-state index in [1.54, 1.807) is 13.4 Å². The Balaban J connectivity index is 1.63. The summed E-state index contributed by atoms with van der Waals surface area (Å²) in [5.74, 6) is 1.17. The fourth-order valence-electron chi connectivity index (χ4n) is 2.87. The fraction of sp³-hybridized carbons (Fsp3) is 0.438. The maximum atomic E-state index is 5.10. The first-order valence-corrected chi connectivity index (χ1v) is 7.32. The third-order valence-corrected chi connectivity index (χ3v) is 3.94. The molecule has 3 heterocycles. The normalized spacial score (nSPS) is 19.4. The van der Waals surface area contributed by atoms with E-state index in [-0.39, 0.29) is 0 Å². The van der Waals surface area contributed by atoms with Gasteiger partial charge in [-0.1, -0.05) is 6.07 Å². The van der Waals surface area contributed by atoms with Crippen molar-refractivity contribution in [2.24, 2.45) is 0 Å². The number of aromatic nitrogens is 3. The Labute approximate surface area is 125 Å². The molecule has 1 fully saturated rings. The first-order valence-electron chi connectivity index (χ1n) is 7.32. The van der Waals surface area contributed by atoms with Gasteiger partial charge in [-0.25, -0.2) is 15.0 Å². The third kappa shape index (κ3) is 3.55. The summed E-state index contributed by atoms with van der Waals surface area (Å²) in [7, 11) is 1.64. The summed E-state index contributed by atoms with van der Waals surface area (Å²) in [6, 6.07) is 6.03. The lowest BCUT2D eigenvalue weighted by Crippen LogP contribution is -2.34. The minimum absolute atomic E-state index is 0.507. The molecule has 0 N–H and O–H groups in total. The fourth-order valence-corrected chi connectivity index (χ4v) is 2.87. The van der Waals surface area contributed by atoms with Gasteiger partial charge in [-0.3, -0.25) is 4.90 Å². The predicted molar refractivity (Wildman–Crippen MR) is 80.1 cm³/mol. The second kappa shape index (κ2) is 6.63. The van der Waals surface area contributed by atoms with Crippen molar-refractivity contribution < 1.29 is 4.74 Å². The number of hydrogen-bond donors (Lipinski definition) is 0. The molecule has 5 nitrogen and oxygen atoms in total. The molecule has 1 saturated heterocycles. The van der Waals surface area contributed by atoms with Crippen LogP contribution in [-0.2, 0) is 6.54 Å². The Morgan fingerprint density at radius 2 is 2.24 bits per heavy atom. The molecule has 5 heteroatoms. The van der Waals surface area contributed by atoms with E-state index in [2.05, 4.69) is 25.9 Å². The van der Waals surface area contributed by atoms with Crippen molar-refractivity contribution in [1.82, 2.24) is 19.9 Å². The van der Waals surface area contributed by atoms with Gasteiger partial charge in [-0.2, -0.15) is 0 Å². The van der Waals surface area contributed by atoms with Gasteiger partial charge in [0.05, 0.1) is 7.11 Å². The number of ether oxygens (including phenoxy) is 1. The quantitative estimate of drug-likeness (QED) is 0.862. The number of hydrogen-bond acceptors (Lipinski definition) is 5. The van der Waals surface area contributed by atoms with E-state index in [1.165, 1.54) is 18.4 Å². The lowest BCUT2D eigenvalue weighted by atomic mass is 9.94. The van der Waals surface area contributed by atoms with Crippen LogP contribution in [0.3, 0.4) is 0 Å². The van der Waals surface area contributed by atoms with Gasteiger partial charge in [0.1, 0.15) is 6.33 Å². The predicted octanol–water partition coefficient (Wildman–Crippen LogP) is 2.26. The lowest BCUT2D eigenvalue weighted by Gasteiger charge is -2.32. The summed E-state index contributed by atoms with van der Waals surface area (Å²) in [5.41, 5.74) is 2.38. The molecule has 2 aromatic rings. The Hall–Kier alpha value is -2.01. The van der Waals surface area contributed by atoms with Crippen LogP contribution in [0.5, 0.6) is 5.88 Å². The summed E-state index contributed by atoms with van der Waals surface area (Å²) in [6.45, 7) is 3.11. The van der Waals surface area contributed by atoms with Gasteiger partial charge in [0.15, 0.2) is 0 Å². The molecule has 0 spiro atoms. The van der Waals surface area contributed by atoms with Gasteiger partial charge in [0.2, 0.25) is 5.88 Å². The molecule has 0 bridgehead atoms. The van der Waals surface area contributed by atoms with Crippen molar-refractivity contribution in [3.63, 3.8) is 0 Å². The number of methoxy groups -OCH3 is 1. The highest BCUT2D eigenvalue weighted by molar-refractivity contribution is 5.18. The topological polar surface area (TPSA) is 51.1 Å². The van der Waals surface area contributed by atoms with Crippen LogP contribution in [0.25, 0.3) is 0 Å². The van der Waals surface area contributed by atoms with E-state index < -0.39 is 0 Å². The van der Waals surface area contributed by atoms with E-state index in [0.29, 0.717) is 11.8 Å². The zero-order chi connectivity index (χ0) is 14.5. The van der Waals surface area contributed by atoms with Crippen LogP contribution in [0.2, 0.25) is 0 Å². The van der Waals surface area contributed by atoms with Gasteiger partial charge < -0.3 is 4.74 Å². The Morgan fingerprint density at radius 1 is 1.29 bits per heavy atom. The molecule has 1 atom stereocenters. The lowest BCUT2D eigenvalue weighted by molar-refractivity contribution is 0.198. The standard InChI is InChI=1S/C16H20N4O/c1-21-16-5-4-13(9-18-16)10-20-8-2-3-14(11-20)15-6-7-17-12-19-15/h4-7,9,12,14H,2-3,8,10-11H2,1H3. The van der Waals surface area contributed by atoms with Gasteiger partial charge in [0.25, 0.3) is 0 Å². The van der Waals surface area contributed by atoms with Gasteiger partial charge >= 0.3 is 0 Å². The Kier molecular flexibility index (Phi) is 4.40. The molecule has 1 aliphatic rings. The third-order valence-electron chi connectivity index (χ3n) is 3.94. The number of nitrogens with zero attached hydrogens (tertiary/aromatic N) is 4. The molecule has 0 radical (unpaired) electrons. The second-order valence-corrected chi connectivity index (χ2v) is 5.42.